The summed E-state index contributed by atoms with van der Waals surface area (Å²) in [5, 5.41) is 0. The first-order chi connectivity index (χ1) is 9.54. The molecule has 0 aliphatic rings. The van der Waals surface area contributed by atoms with Gasteiger partial charge < -0.3 is 9.88 Å². The molecule has 0 radical (unpaired) electrons. The Hall–Kier alpha value is -2.29. The Bertz CT molecular complexity index is 752. The van der Waals surface area contributed by atoms with Crippen molar-refractivity contribution < 1.29 is 0 Å². The van der Waals surface area contributed by atoms with Crippen molar-refractivity contribution >= 4 is 16.7 Å². The standard InChI is InChI=1S/C17H19N3/c1-11-9-12(2)16-15(10-11)18-17(19-16)13-5-7-14(8-6-13)20(3)4/h5-10H,1-4H3,(H,18,19). The number of anilines is 1. The molecule has 0 aliphatic heterocycles. The van der Waals surface area contributed by atoms with E-state index in [-0.39, 0.29) is 0 Å². The monoisotopic (exact) mass is 265 g/mol. The van der Waals surface area contributed by atoms with Crippen molar-refractivity contribution in [2.45, 2.75) is 13.8 Å². The average molecular weight is 265 g/mol. The van der Waals surface area contributed by atoms with Gasteiger partial charge in [-0.05, 0) is 55.3 Å². The maximum Gasteiger partial charge on any atom is 0.138 e. The quantitative estimate of drug-likeness (QED) is 0.761. The smallest absolute Gasteiger partial charge is 0.138 e. The molecule has 0 atom stereocenters. The van der Waals surface area contributed by atoms with E-state index in [0.717, 1.165) is 22.4 Å². The Labute approximate surface area is 119 Å². The predicted molar refractivity (Wildman–Crippen MR) is 85.3 cm³/mol. The molecule has 0 amide bonds. The summed E-state index contributed by atoms with van der Waals surface area (Å²) in [5.74, 6) is 0.930. The van der Waals surface area contributed by atoms with Gasteiger partial charge in [-0.2, -0.15) is 0 Å². The first-order valence-corrected chi connectivity index (χ1v) is 6.79. The minimum Gasteiger partial charge on any atom is -0.378 e. The fourth-order valence-corrected chi connectivity index (χ4v) is 2.53. The minimum absolute atomic E-state index is 0.930. The predicted octanol–water partition coefficient (Wildman–Crippen LogP) is 3.91. The second kappa shape index (κ2) is 4.67. The van der Waals surface area contributed by atoms with Gasteiger partial charge in [0.2, 0.25) is 0 Å². The van der Waals surface area contributed by atoms with Gasteiger partial charge in [-0.25, -0.2) is 4.98 Å². The van der Waals surface area contributed by atoms with Crippen molar-refractivity contribution in [2.24, 2.45) is 0 Å². The number of benzene rings is 2. The van der Waals surface area contributed by atoms with Crippen molar-refractivity contribution in [1.29, 1.82) is 0 Å². The highest BCUT2D eigenvalue weighted by molar-refractivity contribution is 5.83. The largest absolute Gasteiger partial charge is 0.378 e. The topological polar surface area (TPSA) is 31.9 Å². The van der Waals surface area contributed by atoms with Crippen LogP contribution >= 0.6 is 0 Å². The Balaban J connectivity index is 2.08. The van der Waals surface area contributed by atoms with Crippen LogP contribution in [0.5, 0.6) is 0 Å². The van der Waals surface area contributed by atoms with Crippen LogP contribution in [-0.2, 0) is 0 Å². The second-order valence-electron chi connectivity index (χ2n) is 5.50. The van der Waals surface area contributed by atoms with Gasteiger partial charge in [-0.15, -0.1) is 0 Å². The molecule has 2 aromatic carbocycles. The van der Waals surface area contributed by atoms with Crippen molar-refractivity contribution in [3.63, 3.8) is 0 Å². The van der Waals surface area contributed by atoms with Crippen LogP contribution in [0.2, 0.25) is 0 Å². The lowest BCUT2D eigenvalue weighted by molar-refractivity contribution is 1.13. The number of hydrogen-bond donors (Lipinski definition) is 1. The Morgan fingerprint density at radius 1 is 1.00 bits per heavy atom. The van der Waals surface area contributed by atoms with Gasteiger partial charge >= 0.3 is 0 Å². The lowest BCUT2D eigenvalue weighted by atomic mass is 10.1. The van der Waals surface area contributed by atoms with Crippen LogP contribution in [0, 0.1) is 13.8 Å². The van der Waals surface area contributed by atoms with E-state index in [1.165, 1.54) is 16.8 Å². The summed E-state index contributed by atoms with van der Waals surface area (Å²) in [7, 11) is 4.09. The van der Waals surface area contributed by atoms with Crippen molar-refractivity contribution in [3.8, 4) is 11.4 Å². The zero-order valence-corrected chi connectivity index (χ0v) is 12.4. The van der Waals surface area contributed by atoms with Crippen LogP contribution in [0.4, 0.5) is 5.69 Å². The van der Waals surface area contributed by atoms with Gasteiger partial charge in [0.05, 0.1) is 11.0 Å². The van der Waals surface area contributed by atoms with Crippen LogP contribution in [0.1, 0.15) is 11.1 Å². The lowest BCUT2D eigenvalue weighted by Crippen LogP contribution is -2.07. The molecule has 1 N–H and O–H groups in total. The highest BCUT2D eigenvalue weighted by Crippen LogP contribution is 2.25. The Morgan fingerprint density at radius 2 is 1.70 bits per heavy atom. The van der Waals surface area contributed by atoms with Gasteiger partial charge in [0.15, 0.2) is 0 Å². The van der Waals surface area contributed by atoms with Gasteiger partial charge in [0, 0.05) is 25.3 Å². The molecule has 0 saturated heterocycles. The fourth-order valence-electron chi connectivity index (χ4n) is 2.53. The van der Waals surface area contributed by atoms with Gasteiger partial charge in [0.25, 0.3) is 0 Å². The summed E-state index contributed by atoms with van der Waals surface area (Å²) in [5.41, 5.74) is 6.94. The van der Waals surface area contributed by atoms with Crippen LogP contribution in [0.25, 0.3) is 22.4 Å². The Morgan fingerprint density at radius 3 is 2.35 bits per heavy atom. The van der Waals surface area contributed by atoms with Crippen LogP contribution in [0.15, 0.2) is 36.4 Å². The van der Waals surface area contributed by atoms with E-state index in [1.54, 1.807) is 0 Å². The number of fused-ring (bicyclic) bond motifs is 1. The minimum atomic E-state index is 0.930. The summed E-state index contributed by atoms with van der Waals surface area (Å²) in [6.45, 7) is 4.22. The molecule has 0 spiro atoms. The van der Waals surface area contributed by atoms with Gasteiger partial charge in [-0.3, -0.25) is 0 Å². The van der Waals surface area contributed by atoms with Crippen molar-refractivity contribution in [2.75, 3.05) is 19.0 Å². The van der Waals surface area contributed by atoms with E-state index in [4.69, 9.17) is 4.98 Å². The van der Waals surface area contributed by atoms with E-state index in [0.29, 0.717) is 0 Å². The van der Waals surface area contributed by atoms with Gasteiger partial charge in [-0.1, -0.05) is 6.07 Å². The van der Waals surface area contributed by atoms with E-state index >= 15 is 0 Å². The third-order valence-corrected chi connectivity index (χ3v) is 3.58. The molecule has 1 aromatic heterocycles. The highest BCUT2D eigenvalue weighted by Gasteiger charge is 2.08. The van der Waals surface area contributed by atoms with Crippen molar-refractivity contribution in [3.05, 3.63) is 47.5 Å². The molecule has 20 heavy (non-hydrogen) atoms. The molecular weight excluding hydrogens is 246 g/mol. The van der Waals surface area contributed by atoms with E-state index in [2.05, 4.69) is 60.1 Å². The maximum absolute atomic E-state index is 4.73. The number of nitrogens with zero attached hydrogens (tertiary/aromatic N) is 2. The number of aromatic amines is 1. The second-order valence-corrected chi connectivity index (χ2v) is 5.50. The summed E-state index contributed by atoms with van der Waals surface area (Å²) in [4.78, 5) is 10.2. The van der Waals surface area contributed by atoms with E-state index in [9.17, 15) is 0 Å². The zero-order valence-electron chi connectivity index (χ0n) is 12.4. The van der Waals surface area contributed by atoms with Crippen LogP contribution in [-0.4, -0.2) is 24.1 Å². The van der Waals surface area contributed by atoms with E-state index in [1.807, 2.05) is 14.1 Å². The molecule has 0 fully saturated rings. The number of imidazole rings is 1. The average Bonchev–Trinajstić information content (AvgIpc) is 2.83. The summed E-state index contributed by atoms with van der Waals surface area (Å²) < 4.78 is 0. The molecular formula is C17H19N3. The highest BCUT2D eigenvalue weighted by atomic mass is 15.1. The molecule has 0 saturated carbocycles. The third kappa shape index (κ3) is 2.16. The molecule has 0 bridgehead atoms. The van der Waals surface area contributed by atoms with Crippen LogP contribution in [0.3, 0.4) is 0 Å². The molecule has 0 unspecified atom stereocenters. The molecule has 102 valence electrons. The van der Waals surface area contributed by atoms with Crippen LogP contribution < -0.4 is 4.90 Å². The van der Waals surface area contributed by atoms with Crippen molar-refractivity contribution in [1.82, 2.24) is 9.97 Å². The summed E-state index contributed by atoms with van der Waals surface area (Å²) in [6.07, 6.45) is 0. The summed E-state index contributed by atoms with van der Waals surface area (Å²) in [6, 6.07) is 12.8. The molecule has 3 nitrogen and oxygen atoms in total. The molecule has 3 rings (SSSR count). The van der Waals surface area contributed by atoms with E-state index < -0.39 is 0 Å². The Kier molecular flexibility index (Phi) is 2.97. The maximum atomic E-state index is 4.73. The number of hydrogen-bond acceptors (Lipinski definition) is 2. The number of aromatic nitrogens is 2. The first-order valence-electron chi connectivity index (χ1n) is 6.79. The number of H-pyrrole nitrogens is 1. The SMILES string of the molecule is Cc1cc(C)c2nc(-c3ccc(N(C)C)cc3)[nH]c2c1. The number of nitrogens with one attached hydrogen (secondary N) is 1. The number of rotatable bonds is 2. The first kappa shape index (κ1) is 12.7. The lowest BCUT2D eigenvalue weighted by Gasteiger charge is -2.11. The van der Waals surface area contributed by atoms with Gasteiger partial charge in [0.1, 0.15) is 5.82 Å². The summed E-state index contributed by atoms with van der Waals surface area (Å²) >= 11 is 0. The third-order valence-electron chi connectivity index (χ3n) is 3.58. The normalized spacial score (nSPS) is 11.0. The zero-order chi connectivity index (χ0) is 14.3. The number of aryl methyl sites for hydroxylation is 2. The molecule has 0 aliphatic carbocycles. The molecule has 3 aromatic rings. The molecule has 1 heterocycles. The molecule has 3 heteroatoms. The fraction of sp³-hybridized carbons (Fsp3) is 0.235.